The summed E-state index contributed by atoms with van der Waals surface area (Å²) in [5.41, 5.74) is 2.53. The Morgan fingerprint density at radius 2 is 1.94 bits per heavy atom. The van der Waals surface area contributed by atoms with Gasteiger partial charge in [-0.3, -0.25) is 4.72 Å². The molecule has 2 aliphatic heterocycles. The van der Waals surface area contributed by atoms with E-state index in [9.17, 15) is 8.78 Å². The van der Waals surface area contributed by atoms with Crippen molar-refractivity contribution in [3.05, 3.63) is 23.3 Å². The van der Waals surface area contributed by atoms with Crippen LogP contribution in [0.25, 0.3) is 16.0 Å². The van der Waals surface area contributed by atoms with Crippen molar-refractivity contribution in [2.45, 2.75) is 49.5 Å². The first-order chi connectivity index (χ1) is 15.4. The Labute approximate surface area is 192 Å². The predicted octanol–water partition coefficient (Wildman–Crippen LogP) is 4.58. The van der Waals surface area contributed by atoms with Crippen molar-refractivity contribution < 1.29 is 13.5 Å². The van der Waals surface area contributed by atoms with Crippen LogP contribution >= 0.6 is 23.3 Å². The largest absolute Gasteiger partial charge is 0.380 e. The molecular weight excluding hydrogens is 454 g/mol. The zero-order valence-electron chi connectivity index (χ0n) is 17.7. The molecule has 0 atom stereocenters. The van der Waals surface area contributed by atoms with Crippen molar-refractivity contribution in [2.75, 3.05) is 31.2 Å². The lowest BCUT2D eigenvalue weighted by molar-refractivity contribution is -0.124. The monoisotopic (exact) mass is 478 g/mol. The molecule has 2 aromatic heterocycles. The van der Waals surface area contributed by atoms with E-state index in [1.807, 2.05) is 6.20 Å². The number of piperidine rings is 1. The van der Waals surface area contributed by atoms with Crippen LogP contribution in [0.2, 0.25) is 0 Å². The van der Waals surface area contributed by atoms with Gasteiger partial charge in [0.05, 0.1) is 24.9 Å². The van der Waals surface area contributed by atoms with E-state index in [1.165, 1.54) is 12.8 Å². The summed E-state index contributed by atoms with van der Waals surface area (Å²) >= 11 is 2.50. The molecule has 1 aliphatic carbocycles. The van der Waals surface area contributed by atoms with Crippen molar-refractivity contribution in [3.8, 4) is 5.13 Å². The summed E-state index contributed by atoms with van der Waals surface area (Å²) in [6.45, 7) is 5.91. The van der Waals surface area contributed by atoms with Crippen LogP contribution in [0.5, 0.6) is 0 Å². The zero-order valence-corrected chi connectivity index (χ0v) is 19.3. The van der Waals surface area contributed by atoms with Crippen LogP contribution in [0.4, 0.5) is 14.5 Å². The highest BCUT2D eigenvalue weighted by Crippen LogP contribution is 2.43. The molecule has 0 bridgehead atoms. The molecule has 4 heterocycles. The number of ether oxygens (including phenoxy) is 1. The van der Waals surface area contributed by atoms with Gasteiger partial charge in [-0.15, -0.1) is 10.2 Å². The predicted molar refractivity (Wildman–Crippen MR) is 121 cm³/mol. The summed E-state index contributed by atoms with van der Waals surface area (Å²) < 4.78 is 36.8. The molecule has 170 valence electrons. The van der Waals surface area contributed by atoms with Crippen molar-refractivity contribution in [1.29, 1.82) is 0 Å². The van der Waals surface area contributed by atoms with E-state index in [-0.39, 0.29) is 10.5 Å². The van der Waals surface area contributed by atoms with E-state index in [1.54, 1.807) is 16.6 Å². The molecule has 1 aromatic carbocycles. The Morgan fingerprint density at radius 1 is 1.16 bits per heavy atom. The number of fused-ring (bicyclic) bond motifs is 1. The van der Waals surface area contributed by atoms with E-state index >= 15 is 0 Å². The van der Waals surface area contributed by atoms with Crippen LogP contribution in [0.15, 0.2) is 23.2 Å². The Balaban J connectivity index is 1.37. The van der Waals surface area contributed by atoms with Crippen molar-refractivity contribution in [3.63, 3.8) is 0 Å². The Bertz CT molecular complexity index is 1150. The lowest BCUT2D eigenvalue weighted by Gasteiger charge is -2.48. The molecule has 0 radical (unpaired) electrons. The minimum Gasteiger partial charge on any atom is -0.380 e. The summed E-state index contributed by atoms with van der Waals surface area (Å²) in [5.74, 6) is 0. The van der Waals surface area contributed by atoms with Crippen LogP contribution in [0, 0.1) is 5.41 Å². The average molecular weight is 479 g/mol. The molecule has 3 aliphatic rings. The molecule has 0 amide bonds. The first-order valence-corrected chi connectivity index (χ1v) is 12.5. The third kappa shape index (κ3) is 3.68. The van der Waals surface area contributed by atoms with Gasteiger partial charge in [-0.25, -0.2) is 13.5 Å². The van der Waals surface area contributed by atoms with Crippen LogP contribution in [0.1, 0.15) is 44.0 Å². The van der Waals surface area contributed by atoms with Crippen LogP contribution < -0.4 is 9.62 Å². The number of alkyl halides is 2. The summed E-state index contributed by atoms with van der Waals surface area (Å²) in [6.07, 6.45) is 3.75. The Kier molecular flexibility index (Phi) is 4.94. The normalized spacial score (nSPS) is 21.4. The smallest absolute Gasteiger partial charge is 0.291 e. The SMILES string of the molecule is CC1(NSc2cc(N3CCC4(CC3)COC4)c3cnn(-c4nnc(C(F)F)s4)c3c2)CC1. The molecule has 1 saturated carbocycles. The Morgan fingerprint density at radius 3 is 2.56 bits per heavy atom. The standard InChI is InChI=1S/C21H24F2N6OS2/c1-20(2-3-20)27-32-13-8-15(28-6-4-21(5-7-28)11-30-12-21)14-10-24-29(16(14)9-13)19-26-25-18(31-19)17(22)23/h8-10,17,27H,2-7,11-12H2,1H3. The number of hydrogen-bond donors (Lipinski definition) is 1. The van der Waals surface area contributed by atoms with Gasteiger partial charge in [0.2, 0.25) is 5.13 Å². The average Bonchev–Trinajstić information content (AvgIpc) is 3.16. The first-order valence-electron chi connectivity index (χ1n) is 10.8. The van der Waals surface area contributed by atoms with Crippen LogP contribution in [-0.4, -0.2) is 51.8 Å². The van der Waals surface area contributed by atoms with E-state index in [2.05, 4.69) is 44.0 Å². The summed E-state index contributed by atoms with van der Waals surface area (Å²) in [7, 11) is 0. The van der Waals surface area contributed by atoms with Crippen molar-refractivity contribution in [1.82, 2.24) is 24.7 Å². The highest BCUT2D eigenvalue weighted by Gasteiger charge is 2.41. The minimum atomic E-state index is -2.63. The van der Waals surface area contributed by atoms with E-state index < -0.39 is 6.43 Å². The van der Waals surface area contributed by atoms with Gasteiger partial charge in [-0.05, 0) is 56.7 Å². The lowest BCUT2D eigenvalue weighted by Crippen LogP contribution is -2.51. The zero-order chi connectivity index (χ0) is 21.9. The molecule has 3 fully saturated rings. The molecular formula is C21H24F2N6OS2. The second-order valence-corrected chi connectivity index (χ2v) is 11.3. The fourth-order valence-electron chi connectivity index (χ4n) is 4.33. The fourth-order valence-corrected chi connectivity index (χ4v) is 5.91. The summed E-state index contributed by atoms with van der Waals surface area (Å²) in [4.78, 5) is 3.50. The summed E-state index contributed by atoms with van der Waals surface area (Å²) in [6, 6.07) is 4.28. The maximum absolute atomic E-state index is 13.1. The highest BCUT2D eigenvalue weighted by molar-refractivity contribution is 7.97. The van der Waals surface area contributed by atoms with Crippen molar-refractivity contribution in [2.24, 2.45) is 5.41 Å². The van der Waals surface area contributed by atoms with Crippen molar-refractivity contribution >= 4 is 39.9 Å². The van der Waals surface area contributed by atoms with E-state index in [0.29, 0.717) is 10.5 Å². The molecule has 11 heteroatoms. The first kappa shape index (κ1) is 20.8. The summed E-state index contributed by atoms with van der Waals surface area (Å²) in [5, 5.41) is 13.2. The topological polar surface area (TPSA) is 68.1 Å². The molecule has 7 nitrogen and oxygen atoms in total. The van der Waals surface area contributed by atoms with E-state index in [4.69, 9.17) is 4.74 Å². The van der Waals surface area contributed by atoms with Gasteiger partial charge in [0.1, 0.15) is 0 Å². The van der Waals surface area contributed by atoms with Gasteiger partial charge in [-0.2, -0.15) is 5.10 Å². The third-order valence-corrected chi connectivity index (χ3v) is 8.81. The molecule has 32 heavy (non-hydrogen) atoms. The molecule has 6 rings (SSSR count). The van der Waals surface area contributed by atoms with Gasteiger partial charge in [0.15, 0.2) is 5.01 Å². The van der Waals surface area contributed by atoms with Gasteiger partial charge in [0.25, 0.3) is 6.43 Å². The highest BCUT2D eigenvalue weighted by atomic mass is 32.2. The number of halogens is 2. The molecule has 2 saturated heterocycles. The van der Waals surface area contributed by atoms with E-state index in [0.717, 1.165) is 72.0 Å². The van der Waals surface area contributed by atoms with Crippen LogP contribution in [-0.2, 0) is 4.74 Å². The minimum absolute atomic E-state index is 0.188. The Hall–Kier alpha value is -1.82. The number of hydrogen-bond acceptors (Lipinski definition) is 8. The molecule has 0 unspecified atom stereocenters. The maximum Gasteiger partial charge on any atom is 0.291 e. The van der Waals surface area contributed by atoms with Gasteiger partial charge in [0, 0.05) is 40.0 Å². The molecule has 1 N–H and O–H groups in total. The number of nitrogens with one attached hydrogen (secondary N) is 1. The quantitative estimate of drug-likeness (QED) is 0.520. The van der Waals surface area contributed by atoms with Gasteiger partial charge >= 0.3 is 0 Å². The number of rotatable bonds is 6. The van der Waals surface area contributed by atoms with Crippen LogP contribution in [0.3, 0.4) is 0 Å². The number of benzene rings is 1. The maximum atomic E-state index is 13.1. The second kappa shape index (κ2) is 7.61. The molecule has 1 spiro atoms. The van der Waals surface area contributed by atoms with Gasteiger partial charge in [-0.1, -0.05) is 11.3 Å². The number of anilines is 1. The fraction of sp³-hybridized carbons (Fsp3) is 0.571. The lowest BCUT2D eigenvalue weighted by atomic mass is 9.76. The van der Waals surface area contributed by atoms with Gasteiger partial charge < -0.3 is 9.64 Å². The number of aromatic nitrogens is 4. The second-order valence-electron chi connectivity index (χ2n) is 9.40. The molecule has 3 aromatic rings. The third-order valence-electron chi connectivity index (χ3n) is 6.83. The number of nitrogens with zero attached hydrogens (tertiary/aromatic N) is 5.